The molecule has 2 rings (SSSR count). The molecule has 1 N–H and O–H groups in total. The van der Waals surface area contributed by atoms with E-state index in [9.17, 15) is 0 Å². The second-order valence-corrected chi connectivity index (χ2v) is 5.54. The van der Waals surface area contributed by atoms with E-state index in [2.05, 4.69) is 59.5 Å². The minimum Gasteiger partial charge on any atom is -0.310 e. The second kappa shape index (κ2) is 7.15. The molecule has 3 heteroatoms. The summed E-state index contributed by atoms with van der Waals surface area (Å²) < 4.78 is 0. The molecular weight excluding hydrogens is 246 g/mol. The summed E-state index contributed by atoms with van der Waals surface area (Å²) in [7, 11) is 0. The molecule has 0 fully saturated rings. The van der Waals surface area contributed by atoms with Crippen molar-refractivity contribution in [3.05, 3.63) is 59.7 Å². The van der Waals surface area contributed by atoms with Crippen molar-refractivity contribution in [1.29, 1.82) is 0 Å². The minimum absolute atomic E-state index is 0.523. The van der Waals surface area contributed by atoms with Crippen molar-refractivity contribution in [2.24, 2.45) is 5.92 Å². The number of aryl methyl sites for hydroxylation is 1. The van der Waals surface area contributed by atoms with Gasteiger partial charge in [0.2, 0.25) is 0 Å². The van der Waals surface area contributed by atoms with E-state index in [-0.39, 0.29) is 0 Å². The van der Waals surface area contributed by atoms with Crippen LogP contribution in [0.25, 0.3) is 0 Å². The molecule has 3 nitrogen and oxygen atoms in total. The summed E-state index contributed by atoms with van der Waals surface area (Å²) in [5.74, 6) is 1.13. The third-order valence-electron chi connectivity index (χ3n) is 3.54. The van der Waals surface area contributed by atoms with Gasteiger partial charge in [0.25, 0.3) is 0 Å². The smallest absolute Gasteiger partial charge is 0.0724 e. The first-order valence-corrected chi connectivity index (χ1v) is 7.20. The Morgan fingerprint density at radius 2 is 1.80 bits per heavy atom. The molecule has 0 amide bonds. The van der Waals surface area contributed by atoms with Gasteiger partial charge in [-0.25, -0.2) is 0 Å². The van der Waals surface area contributed by atoms with Crippen LogP contribution < -0.4 is 5.32 Å². The van der Waals surface area contributed by atoms with Crippen LogP contribution in [0.15, 0.2) is 42.7 Å². The number of hydrogen-bond acceptors (Lipinski definition) is 3. The Labute approximate surface area is 121 Å². The maximum absolute atomic E-state index is 4.37. The van der Waals surface area contributed by atoms with Gasteiger partial charge in [0.05, 0.1) is 11.4 Å². The van der Waals surface area contributed by atoms with Crippen LogP contribution in [0.5, 0.6) is 0 Å². The summed E-state index contributed by atoms with van der Waals surface area (Å²) in [5.41, 5.74) is 3.34. The van der Waals surface area contributed by atoms with Gasteiger partial charge in [-0.2, -0.15) is 0 Å². The van der Waals surface area contributed by atoms with Crippen LogP contribution in [0.4, 0.5) is 0 Å². The van der Waals surface area contributed by atoms with Gasteiger partial charge in [-0.1, -0.05) is 44.2 Å². The molecule has 1 aromatic carbocycles. The molecule has 0 aliphatic rings. The van der Waals surface area contributed by atoms with Crippen molar-refractivity contribution in [2.75, 3.05) is 6.54 Å². The van der Waals surface area contributed by atoms with E-state index in [0.717, 1.165) is 24.5 Å². The Hall–Kier alpha value is -1.74. The van der Waals surface area contributed by atoms with Crippen LogP contribution in [0, 0.1) is 12.8 Å². The number of nitrogens with one attached hydrogen (secondary N) is 1. The van der Waals surface area contributed by atoms with E-state index in [0.29, 0.717) is 11.8 Å². The summed E-state index contributed by atoms with van der Waals surface area (Å²) in [4.78, 5) is 8.64. The topological polar surface area (TPSA) is 37.8 Å². The van der Waals surface area contributed by atoms with Gasteiger partial charge in [0.1, 0.15) is 0 Å². The SMILES string of the molecule is Cc1cnc(CNCC(c2ccccc2)C(C)C)cn1. The zero-order chi connectivity index (χ0) is 14.4. The van der Waals surface area contributed by atoms with Crippen LogP contribution >= 0.6 is 0 Å². The summed E-state index contributed by atoms with van der Waals surface area (Å²) in [6.07, 6.45) is 3.66. The van der Waals surface area contributed by atoms with E-state index < -0.39 is 0 Å². The van der Waals surface area contributed by atoms with Crippen molar-refractivity contribution < 1.29 is 0 Å². The van der Waals surface area contributed by atoms with Crippen molar-refractivity contribution in [1.82, 2.24) is 15.3 Å². The Balaban J connectivity index is 1.91. The Kier molecular flexibility index (Phi) is 5.24. The molecule has 1 atom stereocenters. The zero-order valence-electron chi connectivity index (χ0n) is 12.5. The predicted octanol–water partition coefficient (Wildman–Crippen LogP) is 3.31. The molecule has 2 aromatic rings. The Bertz CT molecular complexity index is 506. The molecule has 20 heavy (non-hydrogen) atoms. The fourth-order valence-electron chi connectivity index (χ4n) is 2.31. The van der Waals surface area contributed by atoms with E-state index in [1.165, 1.54) is 5.56 Å². The fourth-order valence-corrected chi connectivity index (χ4v) is 2.31. The van der Waals surface area contributed by atoms with Gasteiger partial charge < -0.3 is 5.32 Å². The average molecular weight is 269 g/mol. The van der Waals surface area contributed by atoms with Crippen molar-refractivity contribution in [2.45, 2.75) is 33.2 Å². The van der Waals surface area contributed by atoms with Crippen LogP contribution in [0.3, 0.4) is 0 Å². The Morgan fingerprint density at radius 1 is 1.05 bits per heavy atom. The van der Waals surface area contributed by atoms with Gasteiger partial charge in [-0.3, -0.25) is 9.97 Å². The molecule has 0 saturated carbocycles. The molecular formula is C17H23N3. The van der Waals surface area contributed by atoms with Gasteiger partial charge in [0.15, 0.2) is 0 Å². The molecule has 0 aliphatic heterocycles. The lowest BCUT2D eigenvalue weighted by atomic mass is 9.88. The molecule has 1 aromatic heterocycles. The van der Waals surface area contributed by atoms with Crippen LogP contribution in [0.2, 0.25) is 0 Å². The summed E-state index contributed by atoms with van der Waals surface area (Å²) in [6.45, 7) is 8.21. The molecule has 0 bridgehead atoms. The molecule has 1 unspecified atom stereocenters. The molecule has 0 saturated heterocycles. The lowest BCUT2D eigenvalue weighted by molar-refractivity contribution is 0.459. The fraction of sp³-hybridized carbons (Fsp3) is 0.412. The zero-order valence-corrected chi connectivity index (χ0v) is 12.5. The van der Waals surface area contributed by atoms with Crippen molar-refractivity contribution >= 4 is 0 Å². The normalized spacial score (nSPS) is 12.6. The first-order chi connectivity index (χ1) is 9.66. The third kappa shape index (κ3) is 4.14. The number of nitrogens with zero attached hydrogens (tertiary/aromatic N) is 2. The number of benzene rings is 1. The maximum Gasteiger partial charge on any atom is 0.0724 e. The molecule has 0 aliphatic carbocycles. The predicted molar refractivity (Wildman–Crippen MR) is 82.5 cm³/mol. The first kappa shape index (κ1) is 14.7. The van der Waals surface area contributed by atoms with Gasteiger partial charge in [-0.05, 0) is 24.3 Å². The highest BCUT2D eigenvalue weighted by atomic mass is 14.9. The molecule has 106 valence electrons. The van der Waals surface area contributed by atoms with Gasteiger partial charge >= 0.3 is 0 Å². The Morgan fingerprint density at radius 3 is 2.40 bits per heavy atom. The van der Waals surface area contributed by atoms with E-state index >= 15 is 0 Å². The first-order valence-electron chi connectivity index (χ1n) is 7.20. The van der Waals surface area contributed by atoms with E-state index in [4.69, 9.17) is 0 Å². The lowest BCUT2D eigenvalue weighted by Gasteiger charge is -2.21. The highest BCUT2D eigenvalue weighted by Gasteiger charge is 2.14. The molecule has 1 heterocycles. The number of aromatic nitrogens is 2. The average Bonchev–Trinajstić information content (AvgIpc) is 2.46. The maximum atomic E-state index is 4.37. The van der Waals surface area contributed by atoms with Crippen LogP contribution in [-0.4, -0.2) is 16.5 Å². The minimum atomic E-state index is 0.523. The summed E-state index contributed by atoms with van der Waals surface area (Å²) in [5, 5.41) is 3.50. The van der Waals surface area contributed by atoms with Crippen LogP contribution in [-0.2, 0) is 6.54 Å². The summed E-state index contributed by atoms with van der Waals surface area (Å²) >= 11 is 0. The van der Waals surface area contributed by atoms with Crippen LogP contribution in [0.1, 0.15) is 36.7 Å². The van der Waals surface area contributed by atoms with Gasteiger partial charge in [0, 0.05) is 25.5 Å². The van der Waals surface area contributed by atoms with E-state index in [1.807, 2.05) is 19.3 Å². The standard InChI is InChI=1S/C17H23N3/c1-13(2)17(15-7-5-4-6-8-15)12-18-10-16-11-19-14(3)9-20-16/h4-9,11,13,17-18H,10,12H2,1-3H3. The third-order valence-corrected chi connectivity index (χ3v) is 3.54. The monoisotopic (exact) mass is 269 g/mol. The largest absolute Gasteiger partial charge is 0.310 e. The van der Waals surface area contributed by atoms with Gasteiger partial charge in [-0.15, -0.1) is 0 Å². The lowest BCUT2D eigenvalue weighted by Crippen LogP contribution is -2.24. The van der Waals surface area contributed by atoms with E-state index in [1.54, 1.807) is 0 Å². The molecule has 0 radical (unpaired) electrons. The highest BCUT2D eigenvalue weighted by molar-refractivity contribution is 5.20. The highest BCUT2D eigenvalue weighted by Crippen LogP contribution is 2.23. The van der Waals surface area contributed by atoms with Crippen molar-refractivity contribution in [3.63, 3.8) is 0 Å². The number of rotatable bonds is 6. The van der Waals surface area contributed by atoms with Crippen molar-refractivity contribution in [3.8, 4) is 0 Å². The number of hydrogen-bond donors (Lipinski definition) is 1. The quantitative estimate of drug-likeness (QED) is 0.874. The summed E-state index contributed by atoms with van der Waals surface area (Å²) in [6, 6.07) is 10.7. The second-order valence-electron chi connectivity index (χ2n) is 5.54. The molecule has 0 spiro atoms.